The van der Waals surface area contributed by atoms with E-state index in [0.29, 0.717) is 12.5 Å². The molecule has 0 saturated heterocycles. The molecule has 0 aromatic heterocycles. The zero-order chi connectivity index (χ0) is 8.55. The average Bonchev–Trinajstić information content (AvgIpc) is 2.12. The van der Waals surface area contributed by atoms with Gasteiger partial charge in [-0.25, -0.2) is 5.73 Å². The number of benzene rings is 1. The Balaban J connectivity index is 2.42. The summed E-state index contributed by atoms with van der Waals surface area (Å²) in [4.78, 5) is 0. The molecule has 2 rings (SSSR count). The van der Waals surface area contributed by atoms with Crippen molar-refractivity contribution in [3.63, 3.8) is 0 Å². The molecule has 1 heterocycles. The van der Waals surface area contributed by atoms with Crippen LogP contribution in [0.5, 0.6) is 5.75 Å². The Kier molecular flexibility index (Phi) is 1.77. The molecule has 1 unspecified atom stereocenters. The molecule has 2 heteroatoms. The molecule has 2 atom stereocenters. The van der Waals surface area contributed by atoms with Crippen LogP contribution in [0.1, 0.15) is 18.5 Å². The van der Waals surface area contributed by atoms with Crippen molar-refractivity contribution in [1.29, 1.82) is 0 Å². The SMILES string of the molecule is CC1COc2ccccc2[C@H]1[NH]. The fraction of sp³-hybridized carbons (Fsp3) is 0.400. The van der Waals surface area contributed by atoms with Crippen LogP contribution in [0.2, 0.25) is 0 Å². The van der Waals surface area contributed by atoms with Crippen molar-refractivity contribution in [1.82, 2.24) is 5.73 Å². The topological polar surface area (TPSA) is 33.0 Å². The molecule has 1 aromatic rings. The summed E-state index contributed by atoms with van der Waals surface area (Å²) in [6.45, 7) is 2.72. The maximum Gasteiger partial charge on any atom is 0.124 e. The molecule has 12 heavy (non-hydrogen) atoms. The van der Waals surface area contributed by atoms with E-state index in [2.05, 4.69) is 0 Å². The molecule has 1 N–H and O–H groups in total. The number of hydrogen-bond acceptors (Lipinski definition) is 1. The van der Waals surface area contributed by atoms with Crippen molar-refractivity contribution >= 4 is 0 Å². The molecule has 1 aliphatic heterocycles. The quantitative estimate of drug-likeness (QED) is 0.574. The Hall–Kier alpha value is -1.02. The van der Waals surface area contributed by atoms with Crippen molar-refractivity contribution in [2.75, 3.05) is 6.61 Å². The van der Waals surface area contributed by atoms with Gasteiger partial charge in [-0.3, -0.25) is 0 Å². The molecular weight excluding hydrogens is 150 g/mol. The van der Waals surface area contributed by atoms with Gasteiger partial charge in [0, 0.05) is 11.5 Å². The van der Waals surface area contributed by atoms with Gasteiger partial charge in [-0.05, 0) is 6.07 Å². The van der Waals surface area contributed by atoms with Gasteiger partial charge in [-0.1, -0.05) is 25.1 Å². The molecule has 63 valence electrons. The highest BCUT2D eigenvalue weighted by Crippen LogP contribution is 2.33. The van der Waals surface area contributed by atoms with Gasteiger partial charge in [0.15, 0.2) is 0 Å². The Labute approximate surface area is 72.3 Å². The van der Waals surface area contributed by atoms with Crippen molar-refractivity contribution in [2.24, 2.45) is 5.92 Å². The van der Waals surface area contributed by atoms with Gasteiger partial charge in [0.05, 0.1) is 12.6 Å². The molecule has 0 fully saturated rings. The van der Waals surface area contributed by atoms with E-state index in [1.807, 2.05) is 31.2 Å². The second-order valence-electron chi connectivity index (χ2n) is 3.30. The highest BCUT2D eigenvalue weighted by Gasteiger charge is 2.24. The van der Waals surface area contributed by atoms with E-state index in [1.165, 1.54) is 0 Å². The van der Waals surface area contributed by atoms with Crippen molar-refractivity contribution < 1.29 is 4.74 Å². The van der Waals surface area contributed by atoms with Crippen LogP contribution in [0.3, 0.4) is 0 Å². The summed E-state index contributed by atoms with van der Waals surface area (Å²) in [5, 5.41) is 0. The van der Waals surface area contributed by atoms with E-state index in [-0.39, 0.29) is 6.04 Å². The third-order valence-corrected chi connectivity index (χ3v) is 2.32. The van der Waals surface area contributed by atoms with Gasteiger partial charge in [0.25, 0.3) is 0 Å². The van der Waals surface area contributed by atoms with E-state index in [4.69, 9.17) is 10.5 Å². The van der Waals surface area contributed by atoms with Crippen LogP contribution in [0, 0.1) is 5.92 Å². The second-order valence-corrected chi connectivity index (χ2v) is 3.30. The van der Waals surface area contributed by atoms with Crippen LogP contribution in [0.15, 0.2) is 24.3 Å². The molecule has 1 radical (unpaired) electrons. The molecule has 1 aliphatic rings. The lowest BCUT2D eigenvalue weighted by Crippen LogP contribution is -2.24. The first kappa shape index (κ1) is 7.62. The zero-order valence-corrected chi connectivity index (χ0v) is 7.08. The first-order valence-corrected chi connectivity index (χ1v) is 4.22. The third kappa shape index (κ3) is 1.08. The number of fused-ring (bicyclic) bond motifs is 1. The van der Waals surface area contributed by atoms with Crippen molar-refractivity contribution in [3.05, 3.63) is 29.8 Å². The Morgan fingerprint density at radius 2 is 2.17 bits per heavy atom. The summed E-state index contributed by atoms with van der Waals surface area (Å²) in [5.74, 6) is 1.19. The molecule has 0 aliphatic carbocycles. The molecule has 1 aromatic carbocycles. The summed E-state index contributed by atoms with van der Waals surface area (Å²) in [5.41, 5.74) is 8.90. The number of ether oxygens (including phenoxy) is 1. The van der Waals surface area contributed by atoms with Gasteiger partial charge in [0.2, 0.25) is 0 Å². The minimum Gasteiger partial charge on any atom is -0.493 e. The summed E-state index contributed by atoms with van der Waals surface area (Å²) < 4.78 is 5.49. The van der Waals surface area contributed by atoms with Gasteiger partial charge < -0.3 is 4.74 Å². The van der Waals surface area contributed by atoms with Gasteiger partial charge in [0.1, 0.15) is 5.75 Å². The Morgan fingerprint density at radius 3 is 3.00 bits per heavy atom. The minimum absolute atomic E-state index is 0.116. The van der Waals surface area contributed by atoms with Crippen LogP contribution >= 0.6 is 0 Å². The zero-order valence-electron chi connectivity index (χ0n) is 7.08. The fourth-order valence-electron chi connectivity index (χ4n) is 1.49. The molecule has 2 nitrogen and oxygen atoms in total. The molecule has 0 bridgehead atoms. The van der Waals surface area contributed by atoms with Crippen LogP contribution in [0.4, 0.5) is 0 Å². The van der Waals surface area contributed by atoms with Crippen LogP contribution < -0.4 is 10.5 Å². The lowest BCUT2D eigenvalue weighted by molar-refractivity contribution is 0.204. The predicted octanol–water partition coefficient (Wildman–Crippen LogP) is 2.04. The fourth-order valence-corrected chi connectivity index (χ4v) is 1.49. The van der Waals surface area contributed by atoms with E-state index in [1.54, 1.807) is 0 Å². The first-order chi connectivity index (χ1) is 5.79. The smallest absolute Gasteiger partial charge is 0.124 e. The summed E-state index contributed by atoms with van der Waals surface area (Å²) in [6.07, 6.45) is 0. The Bertz CT molecular complexity index is 285. The number of hydrogen-bond donors (Lipinski definition) is 0. The number of para-hydroxylation sites is 1. The lowest BCUT2D eigenvalue weighted by Gasteiger charge is -2.27. The standard InChI is InChI=1S/C10H12NO/c1-7-6-12-9-5-3-2-4-8(9)10(7)11/h2-5,7,10-11H,6H2,1H3/t7?,10-/m0/s1. The highest BCUT2D eigenvalue weighted by molar-refractivity contribution is 5.37. The number of nitrogens with one attached hydrogen (secondary N) is 1. The van der Waals surface area contributed by atoms with Crippen LogP contribution in [-0.4, -0.2) is 6.61 Å². The summed E-state index contributed by atoms with van der Waals surface area (Å²) in [7, 11) is 0. The normalized spacial score (nSPS) is 27.5. The largest absolute Gasteiger partial charge is 0.493 e. The molecule has 0 amide bonds. The van der Waals surface area contributed by atoms with E-state index in [9.17, 15) is 0 Å². The van der Waals surface area contributed by atoms with Crippen LogP contribution in [-0.2, 0) is 0 Å². The maximum absolute atomic E-state index is 7.88. The average molecular weight is 162 g/mol. The molecule has 0 saturated carbocycles. The van der Waals surface area contributed by atoms with E-state index >= 15 is 0 Å². The van der Waals surface area contributed by atoms with Gasteiger partial charge >= 0.3 is 0 Å². The van der Waals surface area contributed by atoms with E-state index < -0.39 is 0 Å². The minimum atomic E-state index is -0.116. The van der Waals surface area contributed by atoms with Crippen molar-refractivity contribution in [3.8, 4) is 5.75 Å². The summed E-state index contributed by atoms with van der Waals surface area (Å²) in [6, 6.07) is 7.70. The lowest BCUT2D eigenvalue weighted by atomic mass is 9.93. The maximum atomic E-state index is 7.88. The highest BCUT2D eigenvalue weighted by atomic mass is 16.5. The molecule has 0 spiro atoms. The predicted molar refractivity (Wildman–Crippen MR) is 46.9 cm³/mol. The van der Waals surface area contributed by atoms with Crippen molar-refractivity contribution in [2.45, 2.75) is 13.0 Å². The molecular formula is C10H12NO. The Morgan fingerprint density at radius 1 is 1.42 bits per heavy atom. The second kappa shape index (κ2) is 2.79. The van der Waals surface area contributed by atoms with E-state index in [0.717, 1.165) is 11.3 Å². The van der Waals surface area contributed by atoms with Gasteiger partial charge in [-0.15, -0.1) is 0 Å². The third-order valence-electron chi connectivity index (χ3n) is 2.32. The summed E-state index contributed by atoms with van der Waals surface area (Å²) >= 11 is 0. The number of rotatable bonds is 0. The monoisotopic (exact) mass is 162 g/mol. The van der Waals surface area contributed by atoms with Crippen LogP contribution in [0.25, 0.3) is 0 Å². The van der Waals surface area contributed by atoms with Gasteiger partial charge in [-0.2, -0.15) is 0 Å². The first-order valence-electron chi connectivity index (χ1n) is 4.22.